The van der Waals surface area contributed by atoms with E-state index in [9.17, 15) is 0 Å². The van der Waals surface area contributed by atoms with Gasteiger partial charge in [-0.25, -0.2) is 4.98 Å². The normalized spacial score (nSPS) is 14.6. The molecule has 112 valence electrons. The van der Waals surface area contributed by atoms with E-state index in [0.29, 0.717) is 0 Å². The molecule has 0 unspecified atom stereocenters. The zero-order valence-electron chi connectivity index (χ0n) is 13.5. The van der Waals surface area contributed by atoms with Crippen molar-refractivity contribution >= 4 is 5.82 Å². The molecule has 1 aromatic heterocycles. The molecule has 3 heteroatoms. The first-order chi connectivity index (χ1) is 9.67. The number of pyridine rings is 1. The summed E-state index contributed by atoms with van der Waals surface area (Å²) in [5.74, 6) is 1.24. The van der Waals surface area contributed by atoms with E-state index in [1.807, 2.05) is 0 Å². The van der Waals surface area contributed by atoms with Crippen LogP contribution in [0.1, 0.15) is 56.4 Å². The molecule has 0 saturated heterocycles. The minimum Gasteiger partial charge on any atom is -0.353 e. The lowest BCUT2D eigenvalue weighted by Crippen LogP contribution is -2.30. The van der Waals surface area contributed by atoms with Crippen LogP contribution in [0, 0.1) is 13.8 Å². The molecule has 1 aromatic rings. The van der Waals surface area contributed by atoms with E-state index < -0.39 is 0 Å². The third-order valence-corrected chi connectivity index (χ3v) is 4.02. The van der Waals surface area contributed by atoms with Crippen molar-refractivity contribution in [2.24, 2.45) is 0 Å². The number of nitrogens with one attached hydrogen (secondary N) is 1. The van der Waals surface area contributed by atoms with Crippen LogP contribution in [0.2, 0.25) is 0 Å². The Kier molecular flexibility index (Phi) is 5.41. The summed E-state index contributed by atoms with van der Waals surface area (Å²) in [6.07, 6.45) is 5.17. The van der Waals surface area contributed by atoms with E-state index >= 15 is 0 Å². The number of hydrogen-bond donors (Lipinski definition) is 1. The molecule has 1 fully saturated rings. The molecule has 0 radical (unpaired) electrons. The van der Waals surface area contributed by atoms with E-state index in [1.165, 1.54) is 42.6 Å². The summed E-state index contributed by atoms with van der Waals surface area (Å²) in [5, 5.41) is 3.47. The number of aromatic nitrogens is 1. The quantitative estimate of drug-likeness (QED) is 0.786. The summed E-state index contributed by atoms with van der Waals surface area (Å²) >= 11 is 0. The van der Waals surface area contributed by atoms with Crippen LogP contribution < -0.4 is 10.2 Å². The van der Waals surface area contributed by atoms with Crippen molar-refractivity contribution in [3.63, 3.8) is 0 Å². The highest BCUT2D eigenvalue weighted by atomic mass is 15.2. The zero-order chi connectivity index (χ0) is 14.5. The van der Waals surface area contributed by atoms with Crippen LogP contribution in [-0.2, 0) is 6.54 Å². The van der Waals surface area contributed by atoms with Gasteiger partial charge in [-0.1, -0.05) is 20.3 Å². The molecule has 20 heavy (non-hydrogen) atoms. The van der Waals surface area contributed by atoms with Crippen LogP contribution in [-0.4, -0.2) is 24.1 Å². The number of aryl methyl sites for hydroxylation is 2. The molecule has 0 amide bonds. The fourth-order valence-corrected chi connectivity index (χ4v) is 2.73. The van der Waals surface area contributed by atoms with E-state index in [0.717, 1.165) is 31.4 Å². The van der Waals surface area contributed by atoms with Crippen LogP contribution >= 0.6 is 0 Å². The Morgan fingerprint density at radius 2 is 2.05 bits per heavy atom. The van der Waals surface area contributed by atoms with Gasteiger partial charge >= 0.3 is 0 Å². The predicted molar refractivity (Wildman–Crippen MR) is 86.4 cm³/mol. The first-order valence-corrected chi connectivity index (χ1v) is 8.11. The zero-order valence-corrected chi connectivity index (χ0v) is 13.5. The van der Waals surface area contributed by atoms with E-state index in [4.69, 9.17) is 4.98 Å². The summed E-state index contributed by atoms with van der Waals surface area (Å²) in [4.78, 5) is 7.45. The van der Waals surface area contributed by atoms with Gasteiger partial charge in [0.1, 0.15) is 5.82 Å². The highest BCUT2D eigenvalue weighted by Gasteiger charge is 2.31. The number of hydrogen-bond acceptors (Lipinski definition) is 3. The van der Waals surface area contributed by atoms with Gasteiger partial charge in [0.15, 0.2) is 0 Å². The van der Waals surface area contributed by atoms with Crippen LogP contribution in [0.15, 0.2) is 6.07 Å². The van der Waals surface area contributed by atoms with Gasteiger partial charge in [0, 0.05) is 30.4 Å². The molecule has 0 bridgehead atoms. The average molecular weight is 275 g/mol. The third-order valence-electron chi connectivity index (χ3n) is 4.02. The van der Waals surface area contributed by atoms with E-state index in [-0.39, 0.29) is 0 Å². The number of rotatable bonds is 8. The van der Waals surface area contributed by atoms with Crippen molar-refractivity contribution in [2.45, 2.75) is 66.0 Å². The van der Waals surface area contributed by atoms with Crippen LogP contribution in [0.25, 0.3) is 0 Å². The number of unbranched alkanes of at least 4 members (excludes halogenated alkanes) is 1. The Morgan fingerprint density at radius 3 is 2.65 bits per heavy atom. The molecule has 3 nitrogen and oxygen atoms in total. The second kappa shape index (κ2) is 7.07. The fourth-order valence-electron chi connectivity index (χ4n) is 2.73. The molecule has 1 N–H and O–H groups in total. The van der Waals surface area contributed by atoms with Gasteiger partial charge in [0.05, 0.1) is 0 Å². The van der Waals surface area contributed by atoms with Gasteiger partial charge < -0.3 is 10.2 Å². The van der Waals surface area contributed by atoms with Gasteiger partial charge in [-0.15, -0.1) is 0 Å². The van der Waals surface area contributed by atoms with Crippen molar-refractivity contribution in [1.29, 1.82) is 0 Å². The lowest BCUT2D eigenvalue weighted by Gasteiger charge is -2.27. The van der Waals surface area contributed by atoms with Crippen molar-refractivity contribution in [3.05, 3.63) is 22.9 Å². The van der Waals surface area contributed by atoms with Crippen molar-refractivity contribution in [1.82, 2.24) is 10.3 Å². The summed E-state index contributed by atoms with van der Waals surface area (Å²) < 4.78 is 0. The van der Waals surface area contributed by atoms with E-state index in [1.54, 1.807) is 0 Å². The standard InChI is InChI=1S/C17H29N3/c1-5-7-10-20(15-8-9-15)17-16(12-18-6-2)13(3)11-14(4)19-17/h11,15,18H,5-10,12H2,1-4H3. The summed E-state index contributed by atoms with van der Waals surface area (Å²) in [6.45, 7) is 11.8. The molecule has 0 spiro atoms. The molecule has 0 aromatic carbocycles. The summed E-state index contributed by atoms with van der Waals surface area (Å²) in [5.41, 5.74) is 3.90. The second-order valence-electron chi connectivity index (χ2n) is 5.94. The Bertz CT molecular complexity index is 438. The van der Waals surface area contributed by atoms with E-state index in [2.05, 4.69) is 44.0 Å². The minimum atomic E-state index is 0.732. The molecule has 1 aliphatic carbocycles. The summed E-state index contributed by atoms with van der Waals surface area (Å²) in [6, 6.07) is 2.94. The predicted octanol–water partition coefficient (Wildman–Crippen LogP) is 3.58. The molecule has 1 heterocycles. The van der Waals surface area contributed by atoms with Gasteiger partial charge in [-0.3, -0.25) is 0 Å². The van der Waals surface area contributed by atoms with Crippen molar-refractivity contribution in [3.8, 4) is 0 Å². The van der Waals surface area contributed by atoms with Crippen LogP contribution in [0.3, 0.4) is 0 Å². The second-order valence-corrected chi connectivity index (χ2v) is 5.94. The fraction of sp³-hybridized carbons (Fsp3) is 0.706. The highest BCUT2D eigenvalue weighted by molar-refractivity contribution is 5.53. The Morgan fingerprint density at radius 1 is 1.30 bits per heavy atom. The first-order valence-electron chi connectivity index (χ1n) is 8.11. The molecule has 0 aliphatic heterocycles. The van der Waals surface area contributed by atoms with Gasteiger partial charge in [-0.2, -0.15) is 0 Å². The Balaban J connectivity index is 2.30. The minimum absolute atomic E-state index is 0.732. The molecule has 1 saturated carbocycles. The smallest absolute Gasteiger partial charge is 0.133 e. The Hall–Kier alpha value is -1.09. The Labute approximate surface area is 123 Å². The van der Waals surface area contributed by atoms with Gasteiger partial charge in [0.2, 0.25) is 0 Å². The first kappa shape index (κ1) is 15.3. The monoisotopic (exact) mass is 275 g/mol. The topological polar surface area (TPSA) is 28.2 Å². The number of anilines is 1. The summed E-state index contributed by atoms with van der Waals surface area (Å²) in [7, 11) is 0. The van der Waals surface area contributed by atoms with Gasteiger partial charge in [0.25, 0.3) is 0 Å². The van der Waals surface area contributed by atoms with Gasteiger partial charge in [-0.05, 0) is 51.3 Å². The third kappa shape index (κ3) is 3.72. The highest BCUT2D eigenvalue weighted by Crippen LogP contribution is 2.34. The van der Waals surface area contributed by atoms with Crippen LogP contribution in [0.4, 0.5) is 5.82 Å². The number of nitrogens with zero attached hydrogens (tertiary/aromatic N) is 2. The van der Waals surface area contributed by atoms with Crippen molar-refractivity contribution in [2.75, 3.05) is 18.0 Å². The molecular weight excluding hydrogens is 246 g/mol. The lowest BCUT2D eigenvalue weighted by molar-refractivity contribution is 0.680. The molecule has 2 rings (SSSR count). The SMILES string of the molecule is CCCCN(c1nc(C)cc(C)c1CNCC)C1CC1. The lowest BCUT2D eigenvalue weighted by atomic mass is 10.1. The molecule has 0 atom stereocenters. The average Bonchev–Trinajstić information content (AvgIpc) is 3.22. The molecular formula is C17H29N3. The molecule has 1 aliphatic rings. The van der Waals surface area contributed by atoms with Crippen LogP contribution in [0.5, 0.6) is 0 Å². The largest absolute Gasteiger partial charge is 0.353 e. The maximum Gasteiger partial charge on any atom is 0.133 e. The maximum atomic E-state index is 4.89. The maximum absolute atomic E-state index is 4.89. The van der Waals surface area contributed by atoms with Crippen molar-refractivity contribution < 1.29 is 0 Å².